The lowest BCUT2D eigenvalue weighted by Gasteiger charge is -2.17. The van der Waals surface area contributed by atoms with Gasteiger partial charge in [0.1, 0.15) is 0 Å². The second-order valence-corrected chi connectivity index (χ2v) is 6.83. The Bertz CT molecular complexity index is 712. The third-order valence-electron chi connectivity index (χ3n) is 3.48. The number of hydrogen-bond acceptors (Lipinski definition) is 4. The third kappa shape index (κ3) is 4.57. The van der Waals surface area contributed by atoms with E-state index < -0.39 is 33.4 Å². The van der Waals surface area contributed by atoms with Crippen LogP contribution in [0, 0.1) is 17.2 Å². The highest BCUT2D eigenvalue weighted by atomic mass is 35.5. The molecule has 0 aliphatic heterocycles. The number of nitrogens with two attached hydrogens (primary N) is 1. The van der Waals surface area contributed by atoms with E-state index in [1.807, 2.05) is 0 Å². The Hall–Kier alpha value is -1.34. The van der Waals surface area contributed by atoms with E-state index in [4.69, 9.17) is 11.0 Å². The summed E-state index contributed by atoms with van der Waals surface area (Å²) in [4.78, 5) is -0.379. The van der Waals surface area contributed by atoms with Gasteiger partial charge < -0.3 is 5.73 Å². The highest BCUT2D eigenvalue weighted by Gasteiger charge is 2.36. The second kappa shape index (κ2) is 7.05. The lowest BCUT2D eigenvalue weighted by Crippen LogP contribution is -2.41. The molecular formula is C13H15ClF3N3O2S. The number of alkyl halides is 3. The van der Waals surface area contributed by atoms with Gasteiger partial charge in [-0.2, -0.15) is 18.4 Å². The molecule has 0 spiro atoms. The van der Waals surface area contributed by atoms with Crippen molar-refractivity contribution >= 4 is 22.4 Å². The summed E-state index contributed by atoms with van der Waals surface area (Å²) in [5.41, 5.74) is 3.62. The summed E-state index contributed by atoms with van der Waals surface area (Å²) in [5, 5.41) is 8.81. The minimum absolute atomic E-state index is 0. The van der Waals surface area contributed by atoms with Crippen molar-refractivity contribution in [2.24, 2.45) is 11.7 Å². The zero-order valence-corrected chi connectivity index (χ0v) is 13.4. The van der Waals surface area contributed by atoms with E-state index in [2.05, 4.69) is 4.72 Å². The number of halogens is 4. The van der Waals surface area contributed by atoms with Crippen molar-refractivity contribution in [1.29, 1.82) is 5.26 Å². The Morgan fingerprint density at radius 1 is 1.39 bits per heavy atom. The molecule has 1 aliphatic rings. The van der Waals surface area contributed by atoms with Gasteiger partial charge in [-0.25, -0.2) is 13.1 Å². The van der Waals surface area contributed by atoms with Crippen LogP contribution >= 0.6 is 12.4 Å². The van der Waals surface area contributed by atoms with E-state index >= 15 is 0 Å². The van der Waals surface area contributed by atoms with Crippen molar-refractivity contribution in [1.82, 2.24) is 4.72 Å². The van der Waals surface area contributed by atoms with Crippen molar-refractivity contribution in [3.05, 3.63) is 29.3 Å². The molecule has 23 heavy (non-hydrogen) atoms. The lowest BCUT2D eigenvalue weighted by atomic mass is 10.1. The average Bonchev–Trinajstić information content (AvgIpc) is 3.27. The van der Waals surface area contributed by atoms with E-state index in [9.17, 15) is 21.6 Å². The van der Waals surface area contributed by atoms with Crippen LogP contribution in [0.25, 0.3) is 0 Å². The van der Waals surface area contributed by atoms with Gasteiger partial charge in [0.25, 0.3) is 0 Å². The summed E-state index contributed by atoms with van der Waals surface area (Å²) in [5.74, 6) is 0.157. The molecule has 1 aromatic carbocycles. The monoisotopic (exact) mass is 369 g/mol. The van der Waals surface area contributed by atoms with Crippen LogP contribution < -0.4 is 10.5 Å². The van der Waals surface area contributed by atoms with Gasteiger partial charge in [0.15, 0.2) is 0 Å². The standard InChI is InChI=1S/C13H14F3N3O2S.ClH/c14-13(15,16)11-4-3-10(5-9(11)6-17)22(20,21)19-12(7-18)8-1-2-8;/h3-5,8,12,19H,1-2,7,18H2;1H. The van der Waals surface area contributed by atoms with E-state index in [-0.39, 0.29) is 29.8 Å². The minimum Gasteiger partial charge on any atom is -0.329 e. The van der Waals surface area contributed by atoms with E-state index in [0.717, 1.165) is 25.0 Å². The molecule has 1 atom stereocenters. The Kier molecular flexibility index (Phi) is 6.04. The smallest absolute Gasteiger partial charge is 0.329 e. The van der Waals surface area contributed by atoms with Crippen molar-refractivity contribution < 1.29 is 21.6 Å². The van der Waals surface area contributed by atoms with Crippen LogP contribution in [0.15, 0.2) is 23.1 Å². The molecule has 0 aromatic heterocycles. The van der Waals surface area contributed by atoms with Gasteiger partial charge in [0.2, 0.25) is 10.0 Å². The fraction of sp³-hybridized carbons (Fsp3) is 0.462. The topological polar surface area (TPSA) is 96.0 Å². The van der Waals surface area contributed by atoms with Crippen LogP contribution in [-0.4, -0.2) is 21.0 Å². The lowest BCUT2D eigenvalue weighted by molar-refractivity contribution is -0.137. The van der Waals surface area contributed by atoms with Gasteiger partial charge in [0, 0.05) is 12.6 Å². The fourth-order valence-electron chi connectivity index (χ4n) is 2.13. The van der Waals surface area contributed by atoms with Crippen molar-refractivity contribution in [2.45, 2.75) is 30.0 Å². The summed E-state index contributed by atoms with van der Waals surface area (Å²) >= 11 is 0. The largest absolute Gasteiger partial charge is 0.417 e. The molecule has 0 heterocycles. The molecule has 1 aromatic rings. The van der Waals surface area contributed by atoms with Crippen LogP contribution in [0.3, 0.4) is 0 Å². The van der Waals surface area contributed by atoms with E-state index in [1.54, 1.807) is 0 Å². The molecule has 1 aliphatic carbocycles. The highest BCUT2D eigenvalue weighted by molar-refractivity contribution is 7.89. The van der Waals surface area contributed by atoms with Crippen LogP contribution in [0.1, 0.15) is 24.0 Å². The summed E-state index contributed by atoms with van der Waals surface area (Å²) in [6.45, 7) is 0.107. The molecule has 128 valence electrons. The van der Waals surface area contributed by atoms with Gasteiger partial charge in [-0.1, -0.05) is 0 Å². The van der Waals surface area contributed by atoms with Crippen LogP contribution in [0.5, 0.6) is 0 Å². The second-order valence-electron chi connectivity index (χ2n) is 5.12. The first-order valence-corrected chi connectivity index (χ1v) is 8.01. The highest BCUT2D eigenvalue weighted by Crippen LogP contribution is 2.34. The summed E-state index contributed by atoms with van der Waals surface area (Å²) in [6, 6.07) is 3.10. The maximum atomic E-state index is 12.7. The number of sulfonamides is 1. The van der Waals surface area contributed by atoms with Gasteiger partial charge >= 0.3 is 6.18 Å². The van der Waals surface area contributed by atoms with Crippen LogP contribution in [0.4, 0.5) is 13.2 Å². The Morgan fingerprint density at radius 2 is 2.00 bits per heavy atom. The summed E-state index contributed by atoms with van der Waals surface area (Å²) in [6.07, 6.45) is -2.99. The fourth-order valence-corrected chi connectivity index (χ4v) is 3.48. The number of hydrogen-bond donors (Lipinski definition) is 2. The maximum absolute atomic E-state index is 12.7. The molecule has 0 amide bonds. The van der Waals surface area contributed by atoms with Crippen LogP contribution in [-0.2, 0) is 16.2 Å². The van der Waals surface area contributed by atoms with Crippen molar-refractivity contribution in [3.8, 4) is 6.07 Å². The number of benzene rings is 1. The van der Waals surface area contributed by atoms with Gasteiger partial charge in [-0.15, -0.1) is 12.4 Å². The molecule has 2 rings (SSSR count). The average molecular weight is 370 g/mol. The summed E-state index contributed by atoms with van der Waals surface area (Å²) < 4.78 is 64.9. The number of nitrogens with one attached hydrogen (secondary N) is 1. The molecule has 5 nitrogen and oxygen atoms in total. The van der Waals surface area contributed by atoms with Crippen molar-refractivity contribution in [3.63, 3.8) is 0 Å². The Morgan fingerprint density at radius 3 is 2.43 bits per heavy atom. The SMILES string of the molecule is Cl.N#Cc1cc(S(=O)(=O)NC(CN)C2CC2)ccc1C(F)(F)F. The van der Waals surface area contributed by atoms with Gasteiger partial charge in [-0.3, -0.25) is 0 Å². The zero-order valence-electron chi connectivity index (χ0n) is 11.8. The molecule has 0 saturated heterocycles. The molecule has 0 radical (unpaired) electrons. The predicted molar refractivity (Wildman–Crippen MR) is 79.3 cm³/mol. The summed E-state index contributed by atoms with van der Waals surface area (Å²) in [7, 11) is -4.02. The molecule has 1 saturated carbocycles. The van der Waals surface area contributed by atoms with E-state index in [0.29, 0.717) is 6.07 Å². The molecular weight excluding hydrogens is 355 g/mol. The maximum Gasteiger partial charge on any atom is 0.417 e. The first kappa shape index (κ1) is 19.7. The predicted octanol–water partition coefficient (Wildman–Crippen LogP) is 2.01. The quantitative estimate of drug-likeness (QED) is 0.829. The number of nitrogens with zero attached hydrogens (tertiary/aromatic N) is 1. The van der Waals surface area contributed by atoms with Gasteiger partial charge in [-0.05, 0) is 37.0 Å². The number of nitriles is 1. The first-order valence-electron chi connectivity index (χ1n) is 6.53. The van der Waals surface area contributed by atoms with E-state index in [1.165, 1.54) is 6.07 Å². The molecule has 10 heteroatoms. The third-order valence-corrected chi connectivity index (χ3v) is 4.97. The van der Waals surface area contributed by atoms with Crippen LogP contribution in [0.2, 0.25) is 0 Å². The zero-order chi connectivity index (χ0) is 16.5. The number of rotatable bonds is 5. The normalized spacial score (nSPS) is 16.3. The van der Waals surface area contributed by atoms with Crippen molar-refractivity contribution in [2.75, 3.05) is 6.54 Å². The molecule has 0 bridgehead atoms. The Balaban J connectivity index is 0.00000264. The minimum atomic E-state index is -4.71. The first-order chi connectivity index (χ1) is 10.2. The molecule has 1 unspecified atom stereocenters. The molecule has 3 N–H and O–H groups in total. The molecule has 1 fully saturated rings. The Labute approximate surface area is 138 Å². The van der Waals surface area contributed by atoms with Gasteiger partial charge in [0.05, 0.1) is 22.1 Å².